The van der Waals surface area contributed by atoms with Crippen LogP contribution in [0.2, 0.25) is 0 Å². The summed E-state index contributed by atoms with van der Waals surface area (Å²) >= 11 is 0. The lowest BCUT2D eigenvalue weighted by atomic mass is 9.97. The Labute approximate surface area is 125 Å². The summed E-state index contributed by atoms with van der Waals surface area (Å²) in [5, 5.41) is 5.24. The Bertz CT molecular complexity index is 514. The van der Waals surface area contributed by atoms with Crippen LogP contribution >= 0.6 is 0 Å². The van der Waals surface area contributed by atoms with Crippen LogP contribution in [-0.2, 0) is 20.7 Å². The smallest absolute Gasteiger partial charge is 0.309 e. The van der Waals surface area contributed by atoms with Gasteiger partial charge in [-0.25, -0.2) is 0 Å². The number of ether oxygens (including phenoxy) is 1. The normalized spacial score (nSPS) is 17.2. The standard InChI is InChI=1S/C16H22N2O3/c1-11(2)9-17-15(19)16(20)18-10-14-13-6-4-3-5-12(13)7-8-21-14/h3-6,11,14H,7-10H2,1-2H3,(H,17,19)(H,18,20)/t14-/m1/s1. The van der Waals surface area contributed by atoms with Gasteiger partial charge in [-0.1, -0.05) is 38.1 Å². The summed E-state index contributed by atoms with van der Waals surface area (Å²) in [6.45, 7) is 5.40. The number of amides is 2. The van der Waals surface area contributed by atoms with Gasteiger partial charge in [0.25, 0.3) is 0 Å². The SMILES string of the molecule is CC(C)CNC(=O)C(=O)NC[C@H]1OCCc2ccccc21. The molecule has 0 aliphatic carbocycles. The number of fused-ring (bicyclic) bond motifs is 1. The third-order valence-corrected chi connectivity index (χ3v) is 3.42. The first-order valence-corrected chi connectivity index (χ1v) is 7.33. The van der Waals surface area contributed by atoms with Gasteiger partial charge in [0.05, 0.1) is 6.61 Å². The van der Waals surface area contributed by atoms with E-state index in [9.17, 15) is 9.59 Å². The zero-order chi connectivity index (χ0) is 15.2. The molecule has 0 radical (unpaired) electrons. The molecule has 1 aromatic carbocycles. The maximum atomic E-state index is 11.7. The Morgan fingerprint density at radius 2 is 1.95 bits per heavy atom. The second-order valence-electron chi connectivity index (χ2n) is 5.62. The van der Waals surface area contributed by atoms with Gasteiger partial charge in [0.2, 0.25) is 0 Å². The van der Waals surface area contributed by atoms with E-state index < -0.39 is 11.8 Å². The van der Waals surface area contributed by atoms with E-state index in [1.165, 1.54) is 5.56 Å². The predicted molar refractivity (Wildman–Crippen MR) is 79.7 cm³/mol. The maximum Gasteiger partial charge on any atom is 0.309 e. The van der Waals surface area contributed by atoms with E-state index >= 15 is 0 Å². The number of benzene rings is 1. The summed E-state index contributed by atoms with van der Waals surface area (Å²) < 4.78 is 5.69. The molecule has 1 aliphatic heterocycles. The van der Waals surface area contributed by atoms with Gasteiger partial charge in [0.1, 0.15) is 6.10 Å². The van der Waals surface area contributed by atoms with Crippen LogP contribution in [0.15, 0.2) is 24.3 Å². The molecule has 5 heteroatoms. The first-order valence-electron chi connectivity index (χ1n) is 7.33. The molecular weight excluding hydrogens is 268 g/mol. The predicted octanol–water partition coefficient (Wildman–Crippen LogP) is 1.19. The molecule has 5 nitrogen and oxygen atoms in total. The number of carbonyl (C=O) groups excluding carboxylic acids is 2. The number of rotatable bonds is 4. The van der Waals surface area contributed by atoms with Crippen molar-refractivity contribution in [2.75, 3.05) is 19.7 Å². The molecule has 0 fully saturated rings. The monoisotopic (exact) mass is 290 g/mol. The van der Waals surface area contributed by atoms with Crippen molar-refractivity contribution in [3.63, 3.8) is 0 Å². The average molecular weight is 290 g/mol. The van der Waals surface area contributed by atoms with Crippen molar-refractivity contribution >= 4 is 11.8 Å². The van der Waals surface area contributed by atoms with Crippen LogP contribution in [0, 0.1) is 5.92 Å². The molecule has 1 aliphatic rings. The Hall–Kier alpha value is -1.88. The summed E-state index contributed by atoms with van der Waals surface area (Å²) in [4.78, 5) is 23.3. The summed E-state index contributed by atoms with van der Waals surface area (Å²) in [6, 6.07) is 8.03. The van der Waals surface area contributed by atoms with Crippen LogP contribution in [-0.4, -0.2) is 31.5 Å². The van der Waals surface area contributed by atoms with Crippen LogP contribution in [0.5, 0.6) is 0 Å². The van der Waals surface area contributed by atoms with Gasteiger partial charge in [0, 0.05) is 13.1 Å². The molecule has 0 saturated heterocycles. The zero-order valence-electron chi connectivity index (χ0n) is 12.5. The molecule has 2 N–H and O–H groups in total. The van der Waals surface area contributed by atoms with E-state index in [2.05, 4.69) is 16.7 Å². The van der Waals surface area contributed by atoms with Crippen LogP contribution < -0.4 is 10.6 Å². The lowest BCUT2D eigenvalue weighted by Crippen LogP contribution is -2.43. The largest absolute Gasteiger partial charge is 0.371 e. The van der Waals surface area contributed by atoms with Crippen molar-refractivity contribution in [1.29, 1.82) is 0 Å². The Balaban J connectivity index is 1.86. The third kappa shape index (κ3) is 4.29. The minimum absolute atomic E-state index is 0.184. The minimum atomic E-state index is -0.609. The van der Waals surface area contributed by atoms with Crippen LogP contribution in [0.25, 0.3) is 0 Å². The fraction of sp³-hybridized carbons (Fsp3) is 0.500. The highest BCUT2D eigenvalue weighted by Crippen LogP contribution is 2.26. The highest BCUT2D eigenvalue weighted by molar-refractivity contribution is 6.35. The van der Waals surface area contributed by atoms with Crippen molar-refractivity contribution in [3.8, 4) is 0 Å². The van der Waals surface area contributed by atoms with Gasteiger partial charge in [0.15, 0.2) is 0 Å². The van der Waals surface area contributed by atoms with Gasteiger partial charge in [-0.05, 0) is 23.5 Å². The van der Waals surface area contributed by atoms with E-state index in [1.54, 1.807) is 0 Å². The first-order chi connectivity index (χ1) is 10.1. The molecule has 0 spiro atoms. The Morgan fingerprint density at radius 1 is 1.24 bits per heavy atom. The molecular formula is C16H22N2O3. The molecule has 2 rings (SSSR count). The Morgan fingerprint density at radius 3 is 2.71 bits per heavy atom. The Kier molecular flexibility index (Phi) is 5.33. The quantitative estimate of drug-likeness (QED) is 0.819. The van der Waals surface area contributed by atoms with E-state index in [0.717, 1.165) is 12.0 Å². The van der Waals surface area contributed by atoms with Crippen molar-refractivity contribution in [2.24, 2.45) is 5.92 Å². The molecule has 114 valence electrons. The zero-order valence-corrected chi connectivity index (χ0v) is 12.5. The second kappa shape index (κ2) is 7.22. The number of nitrogens with one attached hydrogen (secondary N) is 2. The number of hydrogen-bond donors (Lipinski definition) is 2. The van der Waals surface area contributed by atoms with Crippen LogP contribution in [0.1, 0.15) is 31.1 Å². The molecule has 1 atom stereocenters. The molecule has 1 heterocycles. The molecule has 0 unspecified atom stereocenters. The van der Waals surface area contributed by atoms with Gasteiger partial charge < -0.3 is 15.4 Å². The highest BCUT2D eigenvalue weighted by atomic mass is 16.5. The third-order valence-electron chi connectivity index (χ3n) is 3.42. The fourth-order valence-corrected chi connectivity index (χ4v) is 2.29. The van der Waals surface area contributed by atoms with E-state index in [1.807, 2.05) is 32.0 Å². The van der Waals surface area contributed by atoms with Crippen molar-refractivity contribution in [3.05, 3.63) is 35.4 Å². The molecule has 2 amide bonds. The second-order valence-corrected chi connectivity index (χ2v) is 5.62. The average Bonchev–Trinajstić information content (AvgIpc) is 2.50. The van der Waals surface area contributed by atoms with Gasteiger partial charge in [-0.15, -0.1) is 0 Å². The van der Waals surface area contributed by atoms with Crippen molar-refractivity contribution < 1.29 is 14.3 Å². The lowest BCUT2D eigenvalue weighted by molar-refractivity contribution is -0.139. The minimum Gasteiger partial charge on any atom is -0.371 e. The molecule has 0 aromatic heterocycles. The number of carbonyl (C=O) groups is 2. The van der Waals surface area contributed by atoms with Gasteiger partial charge in [-0.2, -0.15) is 0 Å². The summed E-state index contributed by atoms with van der Waals surface area (Å²) in [5.41, 5.74) is 2.33. The van der Waals surface area contributed by atoms with Crippen LogP contribution in [0.3, 0.4) is 0 Å². The summed E-state index contributed by atoms with van der Waals surface area (Å²) in [5.74, 6) is -0.884. The van der Waals surface area contributed by atoms with Crippen molar-refractivity contribution in [2.45, 2.75) is 26.4 Å². The van der Waals surface area contributed by atoms with E-state index in [-0.39, 0.29) is 6.10 Å². The van der Waals surface area contributed by atoms with Crippen molar-refractivity contribution in [1.82, 2.24) is 10.6 Å². The van der Waals surface area contributed by atoms with Gasteiger partial charge >= 0.3 is 11.8 Å². The van der Waals surface area contributed by atoms with E-state index in [4.69, 9.17) is 4.74 Å². The molecule has 21 heavy (non-hydrogen) atoms. The molecule has 0 bridgehead atoms. The van der Waals surface area contributed by atoms with E-state index in [0.29, 0.717) is 25.6 Å². The lowest BCUT2D eigenvalue weighted by Gasteiger charge is -2.26. The fourth-order valence-electron chi connectivity index (χ4n) is 2.29. The highest BCUT2D eigenvalue weighted by Gasteiger charge is 2.22. The molecule has 0 saturated carbocycles. The first kappa shape index (κ1) is 15.5. The van der Waals surface area contributed by atoms with Crippen LogP contribution in [0.4, 0.5) is 0 Å². The van der Waals surface area contributed by atoms with Gasteiger partial charge in [-0.3, -0.25) is 9.59 Å². The summed E-state index contributed by atoms with van der Waals surface area (Å²) in [6.07, 6.45) is 0.701. The topological polar surface area (TPSA) is 67.4 Å². The number of hydrogen-bond acceptors (Lipinski definition) is 3. The molecule has 1 aromatic rings. The summed E-state index contributed by atoms with van der Waals surface area (Å²) in [7, 11) is 0. The maximum absolute atomic E-state index is 11.7.